The van der Waals surface area contributed by atoms with Crippen LogP contribution in [0.1, 0.15) is 45.4 Å². The first-order chi connectivity index (χ1) is 8.39. The molecule has 4 nitrogen and oxygen atoms in total. The van der Waals surface area contributed by atoms with E-state index < -0.39 is 24.5 Å². The largest absolute Gasteiger partial charge is 0.460 e. The molecule has 0 unspecified atom stereocenters. The Balaban J connectivity index is 2.26. The second-order valence-corrected chi connectivity index (χ2v) is 4.57. The highest BCUT2D eigenvalue weighted by Gasteiger charge is 2.34. The van der Waals surface area contributed by atoms with Crippen molar-refractivity contribution in [3.8, 4) is 0 Å². The Labute approximate surface area is 105 Å². The van der Waals surface area contributed by atoms with Crippen LogP contribution < -0.4 is 0 Å². The molecule has 0 aromatic rings. The van der Waals surface area contributed by atoms with Crippen molar-refractivity contribution in [2.45, 2.75) is 57.5 Å². The molecule has 0 N–H and O–H groups in total. The predicted octanol–water partition coefficient (Wildman–Crippen LogP) is 2.45. The lowest BCUT2D eigenvalue weighted by Crippen LogP contribution is -2.30. The molecule has 0 amide bonds. The predicted molar refractivity (Wildman–Crippen MR) is 59.2 cm³/mol. The summed E-state index contributed by atoms with van der Waals surface area (Å²) in [6.07, 6.45) is 5.60. The van der Waals surface area contributed by atoms with E-state index in [2.05, 4.69) is 4.74 Å². The third-order valence-corrected chi connectivity index (χ3v) is 2.78. The van der Waals surface area contributed by atoms with Crippen molar-refractivity contribution in [1.82, 2.24) is 0 Å². The van der Waals surface area contributed by atoms with Crippen LogP contribution in [-0.4, -0.2) is 30.6 Å². The zero-order chi connectivity index (χ0) is 13.6. The summed E-state index contributed by atoms with van der Waals surface area (Å²) in [4.78, 5) is 22.0. The summed E-state index contributed by atoms with van der Waals surface area (Å²) >= 11 is 0. The number of esters is 2. The second kappa shape index (κ2) is 6.66. The number of hydrogen-bond acceptors (Lipinski definition) is 4. The number of rotatable bonds is 4. The van der Waals surface area contributed by atoms with Crippen LogP contribution in [0.3, 0.4) is 0 Å². The highest BCUT2D eigenvalue weighted by atomic mass is 19.3. The number of carbonyl (C=O) groups excluding carboxylic acids is 2. The van der Waals surface area contributed by atoms with Crippen LogP contribution in [0.4, 0.5) is 8.78 Å². The van der Waals surface area contributed by atoms with Crippen molar-refractivity contribution < 1.29 is 27.8 Å². The molecule has 0 heterocycles. The topological polar surface area (TPSA) is 52.6 Å². The van der Waals surface area contributed by atoms with Gasteiger partial charge in [-0.1, -0.05) is 12.8 Å². The van der Waals surface area contributed by atoms with E-state index in [1.54, 1.807) is 0 Å². The zero-order valence-corrected chi connectivity index (χ0v) is 10.4. The molecule has 6 heteroatoms. The normalized spacial score (nSPS) is 17.9. The first kappa shape index (κ1) is 14.9. The Hall–Kier alpha value is -1.20. The van der Waals surface area contributed by atoms with E-state index in [-0.39, 0.29) is 6.10 Å². The first-order valence-electron chi connectivity index (χ1n) is 6.14. The SMILES string of the molecule is CC(F)(F)C(=O)OCC(=O)OC1CCCCCC1. The second-order valence-electron chi connectivity index (χ2n) is 4.57. The molecule has 0 spiro atoms. The van der Waals surface area contributed by atoms with Gasteiger partial charge in [0.05, 0.1) is 0 Å². The van der Waals surface area contributed by atoms with Crippen LogP contribution in [0.5, 0.6) is 0 Å². The van der Waals surface area contributed by atoms with Gasteiger partial charge in [0.2, 0.25) is 0 Å². The standard InChI is InChI=1S/C12H18F2O4/c1-12(13,14)11(16)17-8-10(15)18-9-6-4-2-3-5-7-9/h9H,2-8H2,1H3. The van der Waals surface area contributed by atoms with Gasteiger partial charge in [-0.3, -0.25) is 0 Å². The van der Waals surface area contributed by atoms with Crippen LogP contribution in [-0.2, 0) is 19.1 Å². The lowest BCUT2D eigenvalue weighted by atomic mass is 10.1. The van der Waals surface area contributed by atoms with E-state index >= 15 is 0 Å². The van der Waals surface area contributed by atoms with Crippen LogP contribution in [0, 0.1) is 0 Å². The molecule has 0 saturated heterocycles. The Morgan fingerprint density at radius 2 is 1.72 bits per heavy atom. The fourth-order valence-electron chi connectivity index (χ4n) is 1.83. The fourth-order valence-corrected chi connectivity index (χ4v) is 1.83. The van der Waals surface area contributed by atoms with Gasteiger partial charge in [-0.25, -0.2) is 9.59 Å². The summed E-state index contributed by atoms with van der Waals surface area (Å²) in [7, 11) is 0. The van der Waals surface area contributed by atoms with Gasteiger partial charge in [0.1, 0.15) is 6.10 Å². The maximum absolute atomic E-state index is 12.5. The van der Waals surface area contributed by atoms with Gasteiger partial charge in [-0.15, -0.1) is 0 Å². The molecule has 0 aromatic heterocycles. The molecule has 1 aliphatic rings. The Morgan fingerprint density at radius 3 is 2.22 bits per heavy atom. The van der Waals surface area contributed by atoms with Gasteiger partial charge in [0.15, 0.2) is 6.61 Å². The summed E-state index contributed by atoms with van der Waals surface area (Å²) < 4.78 is 34.2. The fraction of sp³-hybridized carbons (Fsp3) is 0.833. The maximum Gasteiger partial charge on any atom is 0.377 e. The minimum Gasteiger partial charge on any atom is -0.460 e. The molecule has 104 valence electrons. The molecule has 1 rings (SSSR count). The molecule has 1 fully saturated rings. The molecule has 0 atom stereocenters. The van der Waals surface area contributed by atoms with Crippen molar-refractivity contribution in [2.75, 3.05) is 6.61 Å². The summed E-state index contributed by atoms with van der Waals surface area (Å²) in [6, 6.07) is 0. The smallest absolute Gasteiger partial charge is 0.377 e. The quantitative estimate of drug-likeness (QED) is 0.578. The van der Waals surface area contributed by atoms with Crippen LogP contribution in [0.25, 0.3) is 0 Å². The van der Waals surface area contributed by atoms with Gasteiger partial charge in [-0.2, -0.15) is 8.78 Å². The van der Waals surface area contributed by atoms with Gasteiger partial charge >= 0.3 is 17.9 Å². The minimum atomic E-state index is -3.58. The maximum atomic E-state index is 12.5. The lowest BCUT2D eigenvalue weighted by molar-refractivity contribution is -0.177. The van der Waals surface area contributed by atoms with Crippen molar-refractivity contribution in [2.24, 2.45) is 0 Å². The minimum absolute atomic E-state index is 0.180. The summed E-state index contributed by atoms with van der Waals surface area (Å²) in [6.45, 7) is -0.329. The first-order valence-corrected chi connectivity index (χ1v) is 6.14. The Morgan fingerprint density at radius 1 is 1.17 bits per heavy atom. The number of halogens is 2. The summed E-state index contributed by atoms with van der Waals surface area (Å²) in [5.74, 6) is -6.05. The molecule has 1 saturated carbocycles. The molecule has 0 radical (unpaired) electrons. The van der Waals surface area contributed by atoms with Crippen molar-refractivity contribution >= 4 is 11.9 Å². The highest BCUT2D eigenvalue weighted by molar-refractivity contribution is 5.80. The summed E-state index contributed by atoms with van der Waals surface area (Å²) in [5, 5.41) is 0. The van der Waals surface area contributed by atoms with E-state index in [0.29, 0.717) is 6.92 Å². The van der Waals surface area contributed by atoms with Crippen molar-refractivity contribution in [3.05, 3.63) is 0 Å². The molecular weight excluding hydrogens is 246 g/mol. The van der Waals surface area contributed by atoms with Crippen LogP contribution in [0.2, 0.25) is 0 Å². The Kier molecular flexibility index (Phi) is 5.50. The van der Waals surface area contributed by atoms with Crippen molar-refractivity contribution in [1.29, 1.82) is 0 Å². The van der Waals surface area contributed by atoms with E-state index in [0.717, 1.165) is 38.5 Å². The zero-order valence-electron chi connectivity index (χ0n) is 10.4. The average molecular weight is 264 g/mol. The third kappa shape index (κ3) is 5.42. The van der Waals surface area contributed by atoms with E-state index in [4.69, 9.17) is 4.74 Å². The van der Waals surface area contributed by atoms with Gasteiger partial charge in [0, 0.05) is 6.92 Å². The molecule has 0 aliphatic heterocycles. The van der Waals surface area contributed by atoms with Crippen molar-refractivity contribution in [3.63, 3.8) is 0 Å². The van der Waals surface area contributed by atoms with Gasteiger partial charge in [0.25, 0.3) is 0 Å². The monoisotopic (exact) mass is 264 g/mol. The number of ether oxygens (including phenoxy) is 2. The highest BCUT2D eigenvalue weighted by Crippen LogP contribution is 2.20. The lowest BCUT2D eigenvalue weighted by Gasteiger charge is -2.16. The third-order valence-electron chi connectivity index (χ3n) is 2.78. The number of hydrogen-bond donors (Lipinski definition) is 0. The average Bonchev–Trinajstić information content (AvgIpc) is 2.53. The molecule has 18 heavy (non-hydrogen) atoms. The van der Waals surface area contributed by atoms with Crippen LogP contribution >= 0.6 is 0 Å². The Bertz CT molecular complexity index is 291. The van der Waals surface area contributed by atoms with E-state index in [9.17, 15) is 18.4 Å². The van der Waals surface area contributed by atoms with Gasteiger partial charge < -0.3 is 9.47 Å². The van der Waals surface area contributed by atoms with E-state index in [1.165, 1.54) is 0 Å². The van der Waals surface area contributed by atoms with Crippen LogP contribution in [0.15, 0.2) is 0 Å². The molecule has 0 bridgehead atoms. The van der Waals surface area contributed by atoms with E-state index in [1.807, 2.05) is 0 Å². The number of carbonyl (C=O) groups is 2. The molecule has 0 aromatic carbocycles. The molecule has 1 aliphatic carbocycles. The number of alkyl halides is 2. The molecular formula is C12H18F2O4. The summed E-state index contributed by atoms with van der Waals surface area (Å²) in [5.41, 5.74) is 0. The van der Waals surface area contributed by atoms with Gasteiger partial charge in [-0.05, 0) is 25.7 Å².